The highest BCUT2D eigenvalue weighted by Crippen LogP contribution is 2.49. The number of anilines is 2. The van der Waals surface area contributed by atoms with Crippen LogP contribution < -0.4 is 4.90 Å². The second-order valence-electron chi connectivity index (χ2n) is 13.4. The molecule has 0 unspecified atom stereocenters. The van der Waals surface area contributed by atoms with Gasteiger partial charge in [-0.2, -0.15) is 5.26 Å². The molecule has 0 aliphatic heterocycles. The van der Waals surface area contributed by atoms with E-state index in [4.69, 9.17) is 8.95 Å². The number of hydrogen-bond acceptors (Lipinski definition) is 5. The Morgan fingerprint density at radius 1 is 1.08 bits per heavy atom. The molecule has 0 bridgehead atoms. The number of rotatable bonds is 9. The van der Waals surface area contributed by atoms with E-state index in [0.717, 1.165) is 54.1 Å². The lowest BCUT2D eigenvalue weighted by atomic mass is 9.97. The highest BCUT2D eigenvalue weighted by molar-refractivity contribution is 6.74. The first-order valence-corrected chi connectivity index (χ1v) is 17.2. The van der Waals surface area contributed by atoms with Crippen molar-refractivity contribution in [2.24, 2.45) is 11.8 Å². The van der Waals surface area contributed by atoms with Gasteiger partial charge in [0.05, 0.1) is 17.2 Å². The molecule has 2 fully saturated rings. The fourth-order valence-electron chi connectivity index (χ4n) is 5.35. The number of nitriles is 1. The topological polar surface area (TPSA) is 62.3 Å². The van der Waals surface area contributed by atoms with Gasteiger partial charge < -0.3 is 13.8 Å². The third kappa shape index (κ3) is 5.44. The summed E-state index contributed by atoms with van der Waals surface area (Å²) in [6.45, 7) is 19.6. The van der Waals surface area contributed by atoms with Crippen molar-refractivity contribution in [1.29, 1.82) is 5.26 Å². The lowest BCUT2D eigenvalue weighted by molar-refractivity contribution is 0.266. The molecule has 5 nitrogen and oxygen atoms in total. The van der Waals surface area contributed by atoms with Crippen LogP contribution in [-0.2, 0) is 9.84 Å². The number of hydrogen-bond donors (Lipinski definition) is 0. The standard InChI is InChI=1S/C33H43N3O2Si/c1-22-9-10-25(31-23(2)35-38-24(31)3)18-30(22)36(29-13-11-28(12-14-29)33(21-34)15-16-33)19-26-17-27(26)20-37-39(7,8)32(4,5)6/h9-14,18,26-27H,15-17,19-20H2,1-8H3/t26-,27-/m1/s1. The van der Waals surface area contributed by atoms with E-state index >= 15 is 0 Å². The zero-order valence-electron chi connectivity index (χ0n) is 24.9. The SMILES string of the molecule is Cc1ccc(-c2c(C)noc2C)cc1N(C[C@H]1C[C@@H]1CO[Si](C)(C)C(C)(C)C)c1ccc(C2(C#N)CC2)cc1. The molecule has 2 atom stereocenters. The van der Waals surface area contributed by atoms with Crippen molar-refractivity contribution < 1.29 is 8.95 Å². The van der Waals surface area contributed by atoms with E-state index in [2.05, 4.69) is 99.4 Å². The highest BCUT2D eigenvalue weighted by Gasteiger charge is 2.45. The van der Waals surface area contributed by atoms with Gasteiger partial charge in [-0.1, -0.05) is 50.2 Å². The third-order valence-electron chi connectivity index (χ3n) is 9.47. The zero-order chi connectivity index (χ0) is 28.2. The van der Waals surface area contributed by atoms with Gasteiger partial charge in [0, 0.05) is 30.1 Å². The molecule has 3 aromatic rings. The van der Waals surface area contributed by atoms with E-state index in [-0.39, 0.29) is 10.5 Å². The molecule has 2 aromatic carbocycles. The quantitative estimate of drug-likeness (QED) is 0.254. The minimum absolute atomic E-state index is 0.225. The maximum Gasteiger partial charge on any atom is 0.191 e. The summed E-state index contributed by atoms with van der Waals surface area (Å²) in [5.74, 6) is 2.03. The molecular formula is C33H43N3O2Si. The zero-order valence-corrected chi connectivity index (χ0v) is 25.9. The largest absolute Gasteiger partial charge is 0.417 e. The summed E-state index contributed by atoms with van der Waals surface area (Å²) in [7, 11) is -1.76. The van der Waals surface area contributed by atoms with Crippen LogP contribution in [0.2, 0.25) is 18.1 Å². The minimum Gasteiger partial charge on any atom is -0.417 e. The number of aromatic nitrogens is 1. The molecular weight excluding hydrogens is 498 g/mol. The second kappa shape index (κ2) is 9.94. The van der Waals surface area contributed by atoms with Gasteiger partial charge in [-0.25, -0.2) is 0 Å². The summed E-state index contributed by atoms with van der Waals surface area (Å²) >= 11 is 0. The Morgan fingerprint density at radius 2 is 1.77 bits per heavy atom. The van der Waals surface area contributed by atoms with Crippen LogP contribution in [0.4, 0.5) is 11.4 Å². The van der Waals surface area contributed by atoms with E-state index in [1.165, 1.54) is 23.4 Å². The molecule has 0 radical (unpaired) electrons. The molecule has 6 heteroatoms. The molecule has 5 rings (SSSR count). The van der Waals surface area contributed by atoms with Crippen LogP contribution in [0.3, 0.4) is 0 Å². The number of nitrogens with zero attached hydrogens (tertiary/aromatic N) is 3. The average molecular weight is 542 g/mol. The van der Waals surface area contributed by atoms with Crippen LogP contribution in [-0.4, -0.2) is 26.6 Å². The van der Waals surface area contributed by atoms with Crippen molar-refractivity contribution in [3.05, 3.63) is 65.0 Å². The molecule has 1 heterocycles. The van der Waals surface area contributed by atoms with Crippen molar-refractivity contribution in [1.82, 2.24) is 5.16 Å². The molecule has 2 aliphatic carbocycles. The van der Waals surface area contributed by atoms with Crippen molar-refractivity contribution in [3.8, 4) is 17.2 Å². The van der Waals surface area contributed by atoms with Gasteiger partial charge in [0.25, 0.3) is 0 Å². The Kier molecular flexibility index (Phi) is 7.06. The van der Waals surface area contributed by atoms with Crippen LogP contribution in [0.25, 0.3) is 11.1 Å². The van der Waals surface area contributed by atoms with E-state index < -0.39 is 8.32 Å². The monoisotopic (exact) mass is 541 g/mol. The van der Waals surface area contributed by atoms with Gasteiger partial charge in [-0.3, -0.25) is 0 Å². The Bertz CT molecular complexity index is 1370. The van der Waals surface area contributed by atoms with Crippen LogP contribution in [0, 0.1) is 43.9 Å². The van der Waals surface area contributed by atoms with Crippen LogP contribution >= 0.6 is 0 Å². The van der Waals surface area contributed by atoms with Crippen molar-refractivity contribution in [2.75, 3.05) is 18.1 Å². The first-order valence-electron chi connectivity index (χ1n) is 14.3. The third-order valence-corrected chi connectivity index (χ3v) is 14.0. The van der Waals surface area contributed by atoms with Gasteiger partial charge >= 0.3 is 0 Å². The van der Waals surface area contributed by atoms with Gasteiger partial charge in [0.1, 0.15) is 5.76 Å². The van der Waals surface area contributed by atoms with Gasteiger partial charge in [0.15, 0.2) is 8.32 Å². The fourth-order valence-corrected chi connectivity index (χ4v) is 6.41. The number of benzene rings is 2. The van der Waals surface area contributed by atoms with Crippen molar-refractivity contribution >= 4 is 19.7 Å². The molecule has 39 heavy (non-hydrogen) atoms. The summed E-state index contributed by atoms with van der Waals surface area (Å²) in [5, 5.41) is 14.1. The maximum atomic E-state index is 9.70. The van der Waals surface area contributed by atoms with Crippen LogP contribution in [0.1, 0.15) is 62.6 Å². The lowest BCUT2D eigenvalue weighted by Crippen LogP contribution is -2.41. The first kappa shape index (κ1) is 27.7. The Labute approximate surface area is 235 Å². The summed E-state index contributed by atoms with van der Waals surface area (Å²) in [6, 6.07) is 17.9. The Hall–Kier alpha value is -2.88. The molecule has 2 saturated carbocycles. The summed E-state index contributed by atoms with van der Waals surface area (Å²) in [5.41, 5.74) is 7.59. The summed E-state index contributed by atoms with van der Waals surface area (Å²) in [6.07, 6.45) is 3.12. The molecule has 0 saturated heterocycles. The number of aryl methyl sites for hydroxylation is 3. The predicted molar refractivity (Wildman–Crippen MR) is 161 cm³/mol. The smallest absolute Gasteiger partial charge is 0.191 e. The molecule has 0 amide bonds. The lowest BCUT2D eigenvalue weighted by Gasteiger charge is -2.36. The molecule has 206 valence electrons. The van der Waals surface area contributed by atoms with Crippen molar-refractivity contribution in [3.63, 3.8) is 0 Å². The van der Waals surface area contributed by atoms with Gasteiger partial charge in [0.2, 0.25) is 0 Å². The Morgan fingerprint density at radius 3 is 2.33 bits per heavy atom. The normalized spacial score (nSPS) is 20.0. The highest BCUT2D eigenvalue weighted by atomic mass is 28.4. The first-order chi connectivity index (χ1) is 18.3. The predicted octanol–water partition coefficient (Wildman–Crippen LogP) is 8.62. The minimum atomic E-state index is -1.76. The van der Waals surface area contributed by atoms with E-state index in [1.54, 1.807) is 0 Å². The van der Waals surface area contributed by atoms with Crippen molar-refractivity contribution in [2.45, 2.75) is 84.4 Å². The summed E-state index contributed by atoms with van der Waals surface area (Å²) < 4.78 is 12.1. The molecule has 1 aromatic heterocycles. The van der Waals surface area contributed by atoms with E-state index in [9.17, 15) is 5.26 Å². The van der Waals surface area contributed by atoms with Gasteiger partial charge in [-0.05, 0) is 105 Å². The molecule has 0 spiro atoms. The van der Waals surface area contributed by atoms with Crippen LogP contribution in [0.5, 0.6) is 0 Å². The maximum absolute atomic E-state index is 9.70. The Balaban J connectivity index is 1.43. The molecule has 0 N–H and O–H groups in total. The van der Waals surface area contributed by atoms with E-state index in [0.29, 0.717) is 11.8 Å². The van der Waals surface area contributed by atoms with E-state index in [1.807, 2.05) is 13.8 Å². The average Bonchev–Trinajstić information content (AvgIpc) is 3.81. The van der Waals surface area contributed by atoms with Gasteiger partial charge in [-0.15, -0.1) is 0 Å². The molecule has 2 aliphatic rings. The second-order valence-corrected chi connectivity index (χ2v) is 18.2. The summed E-state index contributed by atoms with van der Waals surface area (Å²) in [4.78, 5) is 2.48. The fraction of sp³-hybridized carbons (Fsp3) is 0.515. The van der Waals surface area contributed by atoms with Crippen LogP contribution in [0.15, 0.2) is 47.0 Å².